The highest BCUT2D eigenvalue weighted by molar-refractivity contribution is 6.06. The summed E-state index contributed by atoms with van der Waals surface area (Å²) in [5.41, 5.74) is 1.15. The van der Waals surface area contributed by atoms with Gasteiger partial charge in [0.1, 0.15) is 6.54 Å². The van der Waals surface area contributed by atoms with Gasteiger partial charge in [-0.3, -0.25) is 24.2 Å². The number of para-hydroxylation sites is 1. The molecule has 9 nitrogen and oxygen atoms in total. The molecule has 1 aromatic heterocycles. The molecule has 0 aliphatic carbocycles. The zero-order chi connectivity index (χ0) is 22.4. The third-order valence-electron chi connectivity index (χ3n) is 5.54. The van der Waals surface area contributed by atoms with Crippen molar-refractivity contribution < 1.29 is 23.9 Å². The number of amides is 3. The number of hydrogen-bond acceptors (Lipinski definition) is 6. The van der Waals surface area contributed by atoms with E-state index in [4.69, 9.17) is 0 Å². The van der Waals surface area contributed by atoms with E-state index in [2.05, 4.69) is 20.4 Å². The number of ether oxygens (including phenoxy) is 1. The molecule has 0 radical (unpaired) electrons. The predicted molar refractivity (Wildman–Crippen MR) is 113 cm³/mol. The number of likely N-dealkylation sites (tertiary alicyclic amines) is 1. The van der Waals surface area contributed by atoms with Crippen molar-refractivity contribution in [3.63, 3.8) is 0 Å². The molecular weight excluding hydrogens is 400 g/mol. The summed E-state index contributed by atoms with van der Waals surface area (Å²) in [5.74, 6) is -1.95. The second-order valence-electron chi connectivity index (χ2n) is 7.44. The Labute approximate surface area is 180 Å². The van der Waals surface area contributed by atoms with Crippen LogP contribution in [0.3, 0.4) is 0 Å². The molecule has 3 amide bonds. The molecule has 31 heavy (non-hydrogen) atoms. The van der Waals surface area contributed by atoms with Gasteiger partial charge in [0.15, 0.2) is 0 Å². The molecule has 2 heterocycles. The van der Waals surface area contributed by atoms with Gasteiger partial charge in [-0.1, -0.05) is 25.1 Å². The number of nitrogens with one attached hydrogen (secondary N) is 2. The molecule has 1 unspecified atom stereocenters. The van der Waals surface area contributed by atoms with Crippen molar-refractivity contribution >= 4 is 34.6 Å². The summed E-state index contributed by atoms with van der Waals surface area (Å²) in [4.78, 5) is 54.9. The lowest BCUT2D eigenvalue weighted by atomic mass is 9.98. The van der Waals surface area contributed by atoms with Crippen LogP contribution in [0.25, 0.3) is 10.9 Å². The van der Waals surface area contributed by atoms with Crippen LogP contribution >= 0.6 is 0 Å². The van der Waals surface area contributed by atoms with Gasteiger partial charge in [-0.25, -0.2) is 0 Å². The number of rotatable bonds is 7. The first-order valence-electron chi connectivity index (χ1n) is 10.2. The SMILES string of the molecule is COC(=O)CNC(=O)C(C)[C@@H]1CCCN1C(=O)CNC(=O)c1ccnc2ccccc12. The fourth-order valence-electron chi connectivity index (χ4n) is 3.84. The molecule has 0 spiro atoms. The number of fused-ring (bicyclic) bond motifs is 1. The van der Waals surface area contributed by atoms with E-state index in [1.165, 1.54) is 7.11 Å². The largest absolute Gasteiger partial charge is 0.468 e. The molecule has 164 valence electrons. The predicted octanol–water partition coefficient (Wildman–Crippen LogP) is 0.881. The fraction of sp³-hybridized carbons (Fsp3) is 0.409. The maximum Gasteiger partial charge on any atom is 0.325 e. The van der Waals surface area contributed by atoms with Gasteiger partial charge in [-0.05, 0) is 25.0 Å². The van der Waals surface area contributed by atoms with Crippen molar-refractivity contribution in [2.75, 3.05) is 26.7 Å². The van der Waals surface area contributed by atoms with E-state index < -0.39 is 11.9 Å². The van der Waals surface area contributed by atoms with Crippen LogP contribution in [-0.4, -0.2) is 66.4 Å². The Hall–Kier alpha value is -3.49. The summed E-state index contributed by atoms with van der Waals surface area (Å²) < 4.78 is 4.52. The summed E-state index contributed by atoms with van der Waals surface area (Å²) in [6, 6.07) is 8.63. The van der Waals surface area contributed by atoms with E-state index in [0.717, 1.165) is 6.42 Å². The molecule has 9 heteroatoms. The first-order chi connectivity index (χ1) is 14.9. The smallest absolute Gasteiger partial charge is 0.325 e. The first kappa shape index (κ1) is 22.2. The molecular formula is C22H26N4O5. The van der Waals surface area contributed by atoms with Crippen molar-refractivity contribution in [2.24, 2.45) is 5.92 Å². The van der Waals surface area contributed by atoms with Crippen LogP contribution < -0.4 is 10.6 Å². The average Bonchev–Trinajstić information content (AvgIpc) is 3.29. The van der Waals surface area contributed by atoms with E-state index in [-0.39, 0.29) is 36.9 Å². The van der Waals surface area contributed by atoms with Crippen molar-refractivity contribution in [1.82, 2.24) is 20.5 Å². The molecule has 0 bridgehead atoms. The molecule has 1 aliphatic rings. The van der Waals surface area contributed by atoms with Crippen LogP contribution in [-0.2, 0) is 19.1 Å². The first-order valence-corrected chi connectivity index (χ1v) is 10.2. The molecule has 1 aromatic carbocycles. The average molecular weight is 426 g/mol. The number of nitrogens with zero attached hydrogens (tertiary/aromatic N) is 2. The summed E-state index contributed by atoms with van der Waals surface area (Å²) in [6.45, 7) is 1.87. The Morgan fingerprint density at radius 1 is 1.16 bits per heavy atom. The van der Waals surface area contributed by atoms with Crippen molar-refractivity contribution in [3.8, 4) is 0 Å². The number of pyridine rings is 1. The standard InChI is InChI=1S/C22H26N4O5/c1-14(21(29)25-13-20(28)31-2)18-8-5-11-26(18)19(27)12-24-22(30)16-9-10-23-17-7-4-3-6-15(16)17/h3-4,6-7,9-10,14,18H,5,8,11-13H2,1-2H3,(H,24,30)(H,25,29)/t14?,18-/m0/s1. The number of aromatic nitrogens is 1. The van der Waals surface area contributed by atoms with Crippen LogP contribution in [0.5, 0.6) is 0 Å². The van der Waals surface area contributed by atoms with E-state index in [9.17, 15) is 19.2 Å². The third-order valence-corrected chi connectivity index (χ3v) is 5.54. The number of hydrogen-bond donors (Lipinski definition) is 2. The van der Waals surface area contributed by atoms with E-state index in [1.54, 1.807) is 24.1 Å². The Kier molecular flexibility index (Phi) is 7.17. The summed E-state index contributed by atoms with van der Waals surface area (Å²) in [5, 5.41) is 5.93. The van der Waals surface area contributed by atoms with Gasteiger partial charge in [0.2, 0.25) is 11.8 Å². The van der Waals surface area contributed by atoms with Gasteiger partial charge >= 0.3 is 5.97 Å². The van der Waals surface area contributed by atoms with Gasteiger partial charge in [0.05, 0.1) is 30.7 Å². The van der Waals surface area contributed by atoms with Crippen LogP contribution in [0, 0.1) is 5.92 Å². The zero-order valence-corrected chi connectivity index (χ0v) is 17.6. The highest BCUT2D eigenvalue weighted by atomic mass is 16.5. The highest BCUT2D eigenvalue weighted by Crippen LogP contribution is 2.24. The monoisotopic (exact) mass is 426 g/mol. The molecule has 2 atom stereocenters. The topological polar surface area (TPSA) is 118 Å². The Balaban J connectivity index is 1.59. The van der Waals surface area contributed by atoms with E-state index >= 15 is 0 Å². The third kappa shape index (κ3) is 5.17. The van der Waals surface area contributed by atoms with Gasteiger partial charge in [-0.2, -0.15) is 0 Å². The molecule has 2 aromatic rings. The number of methoxy groups -OCH3 is 1. The highest BCUT2D eigenvalue weighted by Gasteiger charge is 2.35. The van der Waals surface area contributed by atoms with Crippen LogP contribution in [0.1, 0.15) is 30.1 Å². The number of carbonyl (C=O) groups excluding carboxylic acids is 4. The summed E-state index contributed by atoms with van der Waals surface area (Å²) in [6.07, 6.45) is 3.01. The number of esters is 1. The second-order valence-corrected chi connectivity index (χ2v) is 7.44. The number of benzene rings is 1. The maximum absolute atomic E-state index is 12.8. The van der Waals surface area contributed by atoms with Gasteiger partial charge in [-0.15, -0.1) is 0 Å². The van der Waals surface area contributed by atoms with Crippen molar-refractivity contribution in [1.29, 1.82) is 0 Å². The van der Waals surface area contributed by atoms with Gasteiger partial charge in [0.25, 0.3) is 5.91 Å². The van der Waals surface area contributed by atoms with Crippen molar-refractivity contribution in [2.45, 2.75) is 25.8 Å². The lowest BCUT2D eigenvalue weighted by Gasteiger charge is -2.29. The van der Waals surface area contributed by atoms with Crippen LogP contribution in [0.15, 0.2) is 36.5 Å². The molecule has 3 rings (SSSR count). The van der Waals surface area contributed by atoms with Gasteiger partial charge in [0, 0.05) is 24.2 Å². The summed E-state index contributed by atoms with van der Waals surface area (Å²) in [7, 11) is 1.25. The quantitative estimate of drug-likeness (QED) is 0.635. The number of carbonyl (C=O) groups is 4. The normalized spacial score (nSPS) is 16.6. The fourth-order valence-corrected chi connectivity index (χ4v) is 3.84. The minimum atomic E-state index is -0.536. The minimum Gasteiger partial charge on any atom is -0.468 e. The second kappa shape index (κ2) is 10.0. The molecule has 1 aliphatic heterocycles. The Morgan fingerprint density at radius 2 is 1.94 bits per heavy atom. The van der Waals surface area contributed by atoms with E-state index in [0.29, 0.717) is 29.4 Å². The molecule has 0 saturated carbocycles. The lowest BCUT2D eigenvalue weighted by molar-refractivity contribution is -0.142. The lowest BCUT2D eigenvalue weighted by Crippen LogP contribution is -2.48. The van der Waals surface area contributed by atoms with Crippen molar-refractivity contribution in [3.05, 3.63) is 42.1 Å². The van der Waals surface area contributed by atoms with Gasteiger partial charge < -0.3 is 20.3 Å². The maximum atomic E-state index is 12.8. The summed E-state index contributed by atoms with van der Waals surface area (Å²) >= 11 is 0. The minimum absolute atomic E-state index is 0.164. The molecule has 1 saturated heterocycles. The molecule has 2 N–H and O–H groups in total. The zero-order valence-electron chi connectivity index (χ0n) is 17.6. The molecule has 1 fully saturated rings. The van der Waals surface area contributed by atoms with E-state index in [1.807, 2.05) is 24.3 Å². The Bertz CT molecular complexity index is 988. The van der Waals surface area contributed by atoms with Crippen LogP contribution in [0.4, 0.5) is 0 Å². The van der Waals surface area contributed by atoms with Crippen LogP contribution in [0.2, 0.25) is 0 Å². The Morgan fingerprint density at radius 3 is 2.71 bits per heavy atom.